The van der Waals surface area contributed by atoms with Gasteiger partial charge in [0.2, 0.25) is 5.91 Å². The molecule has 0 spiro atoms. The highest BCUT2D eigenvalue weighted by atomic mass is 35.5. The second-order valence-electron chi connectivity index (χ2n) is 5.18. The molecule has 1 heterocycles. The minimum atomic E-state index is -0.113. The van der Waals surface area contributed by atoms with E-state index in [1.807, 2.05) is 31.2 Å². The molecule has 1 N–H and O–H groups in total. The summed E-state index contributed by atoms with van der Waals surface area (Å²) in [5.41, 5.74) is 1.07. The quantitative estimate of drug-likeness (QED) is 0.847. The molecule has 1 saturated heterocycles. The monoisotopic (exact) mass is 307 g/mol. The Hall–Kier alpha value is -1.52. The Kier molecular flexibility index (Phi) is 5.65. The summed E-state index contributed by atoms with van der Waals surface area (Å²) in [4.78, 5) is 16.4. The van der Waals surface area contributed by atoms with Gasteiger partial charge in [-0.3, -0.25) is 9.69 Å². The van der Waals surface area contributed by atoms with Crippen molar-refractivity contribution < 1.29 is 4.79 Å². The van der Waals surface area contributed by atoms with E-state index >= 15 is 0 Å². The molecule has 0 aromatic heterocycles. The van der Waals surface area contributed by atoms with Gasteiger partial charge in [-0.25, -0.2) is 0 Å². The number of halogens is 1. The van der Waals surface area contributed by atoms with Crippen molar-refractivity contribution in [3.8, 4) is 0 Å². The van der Waals surface area contributed by atoms with Crippen molar-refractivity contribution in [2.24, 2.45) is 0 Å². The van der Waals surface area contributed by atoms with E-state index in [4.69, 9.17) is 11.6 Å². The molecular formula is C16H22ClN3O. The van der Waals surface area contributed by atoms with Crippen molar-refractivity contribution in [2.45, 2.75) is 13.0 Å². The van der Waals surface area contributed by atoms with Crippen molar-refractivity contribution in [3.63, 3.8) is 0 Å². The highest BCUT2D eigenvalue weighted by molar-refractivity contribution is 6.33. The Morgan fingerprint density at radius 2 is 2.05 bits per heavy atom. The summed E-state index contributed by atoms with van der Waals surface area (Å²) in [6.07, 6.45) is 1.69. The van der Waals surface area contributed by atoms with Gasteiger partial charge in [-0.15, -0.1) is 6.58 Å². The molecular weight excluding hydrogens is 286 g/mol. The van der Waals surface area contributed by atoms with Crippen molar-refractivity contribution in [1.82, 2.24) is 10.2 Å². The number of anilines is 1. The number of para-hydroxylation sites is 1. The molecule has 1 unspecified atom stereocenters. The summed E-state index contributed by atoms with van der Waals surface area (Å²) < 4.78 is 0. The summed E-state index contributed by atoms with van der Waals surface area (Å²) >= 11 is 6.24. The average Bonchev–Trinajstić information content (AvgIpc) is 2.52. The number of amides is 1. The van der Waals surface area contributed by atoms with Crippen LogP contribution in [0, 0.1) is 0 Å². The Labute approximate surface area is 131 Å². The zero-order chi connectivity index (χ0) is 15.2. The van der Waals surface area contributed by atoms with E-state index < -0.39 is 0 Å². The SMILES string of the molecule is C=CCNC(=O)C(C)N1CCN(c2ccccc2Cl)CC1. The summed E-state index contributed by atoms with van der Waals surface area (Å²) in [6, 6.07) is 7.78. The number of nitrogens with one attached hydrogen (secondary N) is 1. The highest BCUT2D eigenvalue weighted by Gasteiger charge is 2.25. The van der Waals surface area contributed by atoms with E-state index in [0.29, 0.717) is 6.54 Å². The third-order valence-corrected chi connectivity index (χ3v) is 4.17. The molecule has 1 aliphatic heterocycles. The molecule has 1 aliphatic rings. The molecule has 21 heavy (non-hydrogen) atoms. The van der Waals surface area contributed by atoms with Gasteiger partial charge < -0.3 is 10.2 Å². The first kappa shape index (κ1) is 15.9. The normalized spacial score (nSPS) is 17.3. The second-order valence-corrected chi connectivity index (χ2v) is 5.59. The van der Waals surface area contributed by atoms with Gasteiger partial charge in [0.1, 0.15) is 0 Å². The molecule has 1 amide bonds. The second kappa shape index (κ2) is 7.48. The molecule has 4 nitrogen and oxygen atoms in total. The molecule has 1 fully saturated rings. The summed E-state index contributed by atoms with van der Waals surface area (Å²) in [5.74, 6) is 0.0566. The van der Waals surface area contributed by atoms with Crippen LogP contribution in [0.4, 0.5) is 5.69 Å². The van der Waals surface area contributed by atoms with E-state index in [1.54, 1.807) is 6.08 Å². The van der Waals surface area contributed by atoms with Gasteiger partial charge in [0, 0.05) is 32.7 Å². The summed E-state index contributed by atoms with van der Waals surface area (Å²) in [7, 11) is 0. The first-order valence-electron chi connectivity index (χ1n) is 7.25. The molecule has 0 saturated carbocycles. The minimum Gasteiger partial charge on any atom is -0.368 e. The predicted molar refractivity (Wildman–Crippen MR) is 87.9 cm³/mol. The highest BCUT2D eigenvalue weighted by Crippen LogP contribution is 2.26. The van der Waals surface area contributed by atoms with Gasteiger partial charge in [-0.05, 0) is 19.1 Å². The lowest BCUT2D eigenvalue weighted by Gasteiger charge is -2.38. The van der Waals surface area contributed by atoms with E-state index in [0.717, 1.165) is 36.9 Å². The van der Waals surface area contributed by atoms with Gasteiger partial charge in [0.25, 0.3) is 0 Å². The standard InChI is InChI=1S/C16H22ClN3O/c1-3-8-18-16(21)13(2)19-9-11-20(12-10-19)15-7-5-4-6-14(15)17/h3-7,13H,1,8-12H2,2H3,(H,18,21). The fraction of sp³-hybridized carbons (Fsp3) is 0.438. The van der Waals surface area contributed by atoms with Gasteiger partial charge in [-0.2, -0.15) is 0 Å². The largest absolute Gasteiger partial charge is 0.368 e. The van der Waals surface area contributed by atoms with Crippen LogP contribution in [0.25, 0.3) is 0 Å². The van der Waals surface area contributed by atoms with E-state index in [-0.39, 0.29) is 11.9 Å². The maximum absolute atomic E-state index is 12.0. The maximum Gasteiger partial charge on any atom is 0.237 e. The Balaban J connectivity index is 1.90. The molecule has 5 heteroatoms. The number of hydrogen-bond acceptors (Lipinski definition) is 3. The van der Waals surface area contributed by atoms with Crippen LogP contribution >= 0.6 is 11.6 Å². The Morgan fingerprint density at radius 3 is 2.67 bits per heavy atom. The lowest BCUT2D eigenvalue weighted by Crippen LogP contribution is -2.54. The first-order chi connectivity index (χ1) is 10.1. The minimum absolute atomic E-state index is 0.0566. The molecule has 1 aromatic rings. The average molecular weight is 308 g/mol. The lowest BCUT2D eigenvalue weighted by atomic mass is 10.2. The zero-order valence-electron chi connectivity index (χ0n) is 12.4. The maximum atomic E-state index is 12.0. The number of benzene rings is 1. The number of piperazine rings is 1. The number of rotatable bonds is 5. The third kappa shape index (κ3) is 3.99. The number of hydrogen-bond donors (Lipinski definition) is 1. The molecule has 1 aromatic carbocycles. The Morgan fingerprint density at radius 1 is 1.38 bits per heavy atom. The van der Waals surface area contributed by atoms with Crippen LogP contribution in [0.5, 0.6) is 0 Å². The molecule has 0 radical (unpaired) electrons. The molecule has 1 atom stereocenters. The zero-order valence-corrected chi connectivity index (χ0v) is 13.1. The summed E-state index contributed by atoms with van der Waals surface area (Å²) in [5, 5.41) is 3.63. The van der Waals surface area contributed by atoms with Crippen LogP contribution in [-0.2, 0) is 4.79 Å². The predicted octanol–water partition coefficient (Wildman–Crippen LogP) is 2.15. The Bertz CT molecular complexity index is 498. The van der Waals surface area contributed by atoms with Gasteiger partial charge >= 0.3 is 0 Å². The molecule has 0 aliphatic carbocycles. The van der Waals surface area contributed by atoms with Crippen LogP contribution in [-0.4, -0.2) is 49.6 Å². The van der Waals surface area contributed by atoms with E-state index in [1.165, 1.54) is 0 Å². The fourth-order valence-corrected chi connectivity index (χ4v) is 2.80. The lowest BCUT2D eigenvalue weighted by molar-refractivity contribution is -0.125. The van der Waals surface area contributed by atoms with Gasteiger partial charge in [-0.1, -0.05) is 29.8 Å². The number of carbonyl (C=O) groups excluding carboxylic acids is 1. The van der Waals surface area contributed by atoms with Crippen molar-refractivity contribution >= 4 is 23.2 Å². The van der Waals surface area contributed by atoms with E-state index in [9.17, 15) is 4.79 Å². The van der Waals surface area contributed by atoms with Crippen LogP contribution in [0.1, 0.15) is 6.92 Å². The van der Waals surface area contributed by atoms with Crippen molar-refractivity contribution in [2.75, 3.05) is 37.6 Å². The topological polar surface area (TPSA) is 35.6 Å². The van der Waals surface area contributed by atoms with Crippen LogP contribution < -0.4 is 10.2 Å². The van der Waals surface area contributed by atoms with Crippen molar-refractivity contribution in [1.29, 1.82) is 0 Å². The van der Waals surface area contributed by atoms with Crippen LogP contribution in [0.2, 0.25) is 5.02 Å². The first-order valence-corrected chi connectivity index (χ1v) is 7.63. The van der Waals surface area contributed by atoms with Crippen molar-refractivity contribution in [3.05, 3.63) is 41.9 Å². The van der Waals surface area contributed by atoms with Gasteiger partial charge in [0.15, 0.2) is 0 Å². The summed E-state index contributed by atoms with van der Waals surface area (Å²) in [6.45, 7) is 9.54. The molecule has 0 bridgehead atoms. The number of nitrogens with zero attached hydrogens (tertiary/aromatic N) is 2. The van der Waals surface area contributed by atoms with Crippen LogP contribution in [0.3, 0.4) is 0 Å². The van der Waals surface area contributed by atoms with E-state index in [2.05, 4.69) is 21.7 Å². The molecule has 114 valence electrons. The van der Waals surface area contributed by atoms with Crippen LogP contribution in [0.15, 0.2) is 36.9 Å². The fourth-order valence-electron chi connectivity index (χ4n) is 2.54. The van der Waals surface area contributed by atoms with Gasteiger partial charge in [0.05, 0.1) is 16.8 Å². The number of carbonyl (C=O) groups is 1. The molecule has 2 rings (SSSR count). The smallest absolute Gasteiger partial charge is 0.237 e. The third-order valence-electron chi connectivity index (χ3n) is 3.86.